The van der Waals surface area contributed by atoms with Crippen molar-refractivity contribution in [3.8, 4) is 23.7 Å². The van der Waals surface area contributed by atoms with Crippen LogP contribution in [0.25, 0.3) is 0 Å². The summed E-state index contributed by atoms with van der Waals surface area (Å²) in [5.41, 5.74) is 1.12. The van der Waals surface area contributed by atoms with Crippen molar-refractivity contribution in [2.75, 3.05) is 0 Å². The molecule has 0 saturated heterocycles. The first-order valence-corrected chi connectivity index (χ1v) is 9.43. The van der Waals surface area contributed by atoms with E-state index in [-0.39, 0.29) is 0 Å². The minimum Gasteiger partial charge on any atom is -0.103 e. The van der Waals surface area contributed by atoms with Crippen LogP contribution in [0.5, 0.6) is 0 Å². The van der Waals surface area contributed by atoms with E-state index in [2.05, 4.69) is 42.7 Å². The first-order valence-electron chi connectivity index (χ1n) is 9.43. The topological polar surface area (TPSA) is 0 Å². The third-order valence-electron chi connectivity index (χ3n) is 3.89. The molecule has 1 aromatic carbocycles. The van der Waals surface area contributed by atoms with Gasteiger partial charge in [-0.1, -0.05) is 75.5 Å². The molecule has 0 atom stereocenters. The highest BCUT2D eigenvalue weighted by atomic mass is 13.9. The first-order chi connectivity index (χ1) is 11.4. The van der Waals surface area contributed by atoms with Gasteiger partial charge in [0.25, 0.3) is 0 Å². The summed E-state index contributed by atoms with van der Waals surface area (Å²) in [6, 6.07) is 10.2. The number of unbranched alkanes of at least 4 members (excludes halogenated alkanes) is 10. The Labute approximate surface area is 144 Å². The van der Waals surface area contributed by atoms with Gasteiger partial charge in [0.1, 0.15) is 0 Å². The molecule has 0 unspecified atom stereocenters. The minimum absolute atomic E-state index is 1.00. The average molecular weight is 309 g/mol. The lowest BCUT2D eigenvalue weighted by atomic mass is 10.1. The highest BCUT2D eigenvalue weighted by Crippen LogP contribution is 2.06. The molecule has 0 heteroatoms. The molecule has 0 aromatic heterocycles. The van der Waals surface area contributed by atoms with Crippen molar-refractivity contribution in [2.24, 2.45) is 0 Å². The Kier molecular flexibility index (Phi) is 12.8. The van der Waals surface area contributed by atoms with E-state index in [1.165, 1.54) is 57.8 Å². The van der Waals surface area contributed by atoms with E-state index in [0.29, 0.717) is 0 Å². The molecule has 0 N–H and O–H groups in total. The lowest BCUT2D eigenvalue weighted by Crippen LogP contribution is -1.78. The molecule has 0 aliphatic heterocycles. The smallest absolute Gasteiger partial charge is 0.0245 e. The molecule has 0 radical (unpaired) electrons. The second-order valence-corrected chi connectivity index (χ2v) is 6.10. The number of hydrogen-bond donors (Lipinski definition) is 0. The summed E-state index contributed by atoms with van der Waals surface area (Å²) in [6.07, 6.45) is 15.0. The Morgan fingerprint density at radius 1 is 0.609 bits per heavy atom. The second-order valence-electron chi connectivity index (χ2n) is 6.10. The molecule has 1 rings (SSSR count). The minimum atomic E-state index is 1.00. The fourth-order valence-electron chi connectivity index (χ4n) is 2.46. The zero-order valence-electron chi connectivity index (χ0n) is 14.9. The largest absolute Gasteiger partial charge is 0.103 e. The van der Waals surface area contributed by atoms with E-state index in [4.69, 9.17) is 0 Å². The van der Waals surface area contributed by atoms with Crippen molar-refractivity contribution in [1.82, 2.24) is 0 Å². The predicted molar refractivity (Wildman–Crippen MR) is 102 cm³/mol. The van der Waals surface area contributed by atoms with Gasteiger partial charge >= 0.3 is 0 Å². The van der Waals surface area contributed by atoms with Crippen LogP contribution in [0.1, 0.15) is 89.5 Å². The summed E-state index contributed by atoms with van der Waals surface area (Å²) in [4.78, 5) is 0. The Hall–Kier alpha value is -1.66. The van der Waals surface area contributed by atoms with Gasteiger partial charge in [-0.05, 0) is 31.4 Å². The van der Waals surface area contributed by atoms with E-state index in [0.717, 1.165) is 24.8 Å². The third kappa shape index (κ3) is 12.6. The van der Waals surface area contributed by atoms with E-state index >= 15 is 0 Å². The molecular formula is C23H32. The Morgan fingerprint density at radius 2 is 1.13 bits per heavy atom. The van der Waals surface area contributed by atoms with E-state index in [1.807, 2.05) is 18.2 Å². The van der Waals surface area contributed by atoms with Gasteiger partial charge in [-0.2, -0.15) is 0 Å². The Morgan fingerprint density at radius 3 is 1.78 bits per heavy atom. The van der Waals surface area contributed by atoms with Gasteiger partial charge in [0, 0.05) is 24.8 Å². The molecule has 0 amide bonds. The first kappa shape index (κ1) is 19.4. The molecule has 0 nitrogen and oxygen atoms in total. The maximum absolute atomic E-state index is 3.32. The zero-order valence-corrected chi connectivity index (χ0v) is 14.9. The lowest BCUT2D eigenvalue weighted by molar-refractivity contribution is 0.613. The van der Waals surface area contributed by atoms with Crippen LogP contribution in [0.3, 0.4) is 0 Å². The van der Waals surface area contributed by atoms with Gasteiger partial charge in [-0.15, -0.1) is 11.8 Å². The van der Waals surface area contributed by atoms with Crippen molar-refractivity contribution in [3.05, 3.63) is 35.9 Å². The van der Waals surface area contributed by atoms with Gasteiger partial charge in [0.2, 0.25) is 0 Å². The van der Waals surface area contributed by atoms with Crippen LogP contribution >= 0.6 is 0 Å². The van der Waals surface area contributed by atoms with Crippen LogP contribution < -0.4 is 0 Å². The van der Waals surface area contributed by atoms with Gasteiger partial charge in [-0.3, -0.25) is 0 Å². The van der Waals surface area contributed by atoms with Crippen LogP contribution in [0.2, 0.25) is 0 Å². The van der Waals surface area contributed by atoms with Crippen molar-refractivity contribution in [2.45, 2.75) is 84.0 Å². The van der Waals surface area contributed by atoms with Crippen LogP contribution in [0.15, 0.2) is 30.3 Å². The van der Waals surface area contributed by atoms with Gasteiger partial charge in [0.15, 0.2) is 0 Å². The Balaban J connectivity index is 1.88. The van der Waals surface area contributed by atoms with Crippen LogP contribution in [0, 0.1) is 23.7 Å². The molecule has 23 heavy (non-hydrogen) atoms. The summed E-state index contributed by atoms with van der Waals surface area (Å²) in [6.45, 7) is 2.27. The molecule has 0 fully saturated rings. The summed E-state index contributed by atoms with van der Waals surface area (Å²) in [7, 11) is 0. The predicted octanol–water partition coefficient (Wildman–Crippen LogP) is 6.74. The van der Waals surface area contributed by atoms with Gasteiger partial charge < -0.3 is 0 Å². The quantitative estimate of drug-likeness (QED) is 0.331. The van der Waals surface area contributed by atoms with Crippen molar-refractivity contribution in [3.63, 3.8) is 0 Å². The van der Waals surface area contributed by atoms with Crippen LogP contribution in [-0.4, -0.2) is 0 Å². The molecule has 1 aromatic rings. The van der Waals surface area contributed by atoms with Crippen molar-refractivity contribution in [1.29, 1.82) is 0 Å². The molecule has 0 aliphatic carbocycles. The summed E-state index contributed by atoms with van der Waals surface area (Å²) in [5.74, 6) is 13.1. The Bertz CT molecular complexity index is 490. The third-order valence-corrected chi connectivity index (χ3v) is 3.89. The maximum atomic E-state index is 3.32. The molecular weight excluding hydrogens is 276 g/mol. The highest BCUT2D eigenvalue weighted by Gasteiger charge is 1.89. The van der Waals surface area contributed by atoms with E-state index in [1.54, 1.807) is 0 Å². The zero-order chi connectivity index (χ0) is 16.4. The molecule has 0 heterocycles. The summed E-state index contributed by atoms with van der Waals surface area (Å²) >= 11 is 0. The molecule has 124 valence electrons. The monoisotopic (exact) mass is 308 g/mol. The standard InChI is InChI=1S/C23H32/c1-2-3-4-5-6-7-8-9-10-11-12-13-14-15-17-20-23-21-18-16-19-22-23/h16,18-19,21-22H,2-8,11-15H2,1H3. The number of rotatable bonds is 10. The SMILES string of the molecule is CCCCCCCCC#CCCCCCC#Cc1ccccc1. The number of benzene rings is 1. The fraction of sp³-hybridized carbons (Fsp3) is 0.565. The average Bonchev–Trinajstić information content (AvgIpc) is 2.59. The highest BCUT2D eigenvalue weighted by molar-refractivity contribution is 5.33. The van der Waals surface area contributed by atoms with Crippen LogP contribution in [-0.2, 0) is 0 Å². The molecule has 0 bridgehead atoms. The van der Waals surface area contributed by atoms with Gasteiger partial charge in [0.05, 0.1) is 0 Å². The summed E-state index contributed by atoms with van der Waals surface area (Å²) < 4.78 is 0. The van der Waals surface area contributed by atoms with E-state index in [9.17, 15) is 0 Å². The molecule has 0 aliphatic rings. The van der Waals surface area contributed by atoms with Crippen molar-refractivity contribution < 1.29 is 0 Å². The van der Waals surface area contributed by atoms with E-state index < -0.39 is 0 Å². The molecule has 0 saturated carbocycles. The lowest BCUT2D eigenvalue weighted by Gasteiger charge is -1.96. The van der Waals surface area contributed by atoms with Gasteiger partial charge in [-0.25, -0.2) is 0 Å². The molecule has 0 spiro atoms. The fourth-order valence-corrected chi connectivity index (χ4v) is 2.46. The normalized spacial score (nSPS) is 9.61. The van der Waals surface area contributed by atoms with Crippen molar-refractivity contribution >= 4 is 0 Å². The summed E-state index contributed by atoms with van der Waals surface area (Å²) in [5, 5.41) is 0. The van der Waals surface area contributed by atoms with Crippen LogP contribution in [0.4, 0.5) is 0 Å². The number of hydrogen-bond acceptors (Lipinski definition) is 0. The maximum Gasteiger partial charge on any atom is 0.0245 e. The second kappa shape index (κ2) is 15.2.